The first-order valence-corrected chi connectivity index (χ1v) is 9.72. The van der Waals surface area contributed by atoms with E-state index in [0.29, 0.717) is 6.61 Å². The number of allylic oxidation sites excluding steroid dienone is 1. The van der Waals surface area contributed by atoms with E-state index in [1.807, 2.05) is 36.8 Å². The summed E-state index contributed by atoms with van der Waals surface area (Å²) in [6.07, 6.45) is 7.49. The number of rotatable bonds is 9. The van der Waals surface area contributed by atoms with E-state index in [4.69, 9.17) is 4.84 Å². The van der Waals surface area contributed by atoms with Crippen LogP contribution in [-0.4, -0.2) is 47.1 Å². The summed E-state index contributed by atoms with van der Waals surface area (Å²) in [7, 11) is 4.13. The van der Waals surface area contributed by atoms with E-state index in [-0.39, 0.29) is 0 Å². The Bertz CT molecular complexity index is 844. The summed E-state index contributed by atoms with van der Waals surface area (Å²) in [6.45, 7) is 3.79. The van der Waals surface area contributed by atoms with E-state index in [2.05, 4.69) is 66.3 Å². The Kier molecular flexibility index (Phi) is 6.98. The van der Waals surface area contributed by atoms with Crippen molar-refractivity contribution in [2.75, 3.05) is 27.2 Å². The van der Waals surface area contributed by atoms with Gasteiger partial charge >= 0.3 is 0 Å². The summed E-state index contributed by atoms with van der Waals surface area (Å²) < 4.78 is 0. The van der Waals surface area contributed by atoms with E-state index in [1.165, 1.54) is 5.57 Å². The highest BCUT2D eigenvalue weighted by Gasteiger charge is 2.15. The van der Waals surface area contributed by atoms with Crippen LogP contribution in [0.5, 0.6) is 0 Å². The van der Waals surface area contributed by atoms with Crippen LogP contribution in [0.25, 0.3) is 11.1 Å². The van der Waals surface area contributed by atoms with Gasteiger partial charge in [0.1, 0.15) is 6.61 Å². The van der Waals surface area contributed by atoms with Crippen LogP contribution in [0.3, 0.4) is 0 Å². The Balaban J connectivity index is 1.92. The van der Waals surface area contributed by atoms with Gasteiger partial charge in [-0.05, 0) is 50.2 Å². The third-order valence-electron chi connectivity index (χ3n) is 4.52. The zero-order chi connectivity index (χ0) is 19.8. The normalized spacial score (nSPS) is 12.1. The van der Waals surface area contributed by atoms with Gasteiger partial charge in [0.2, 0.25) is 0 Å². The Morgan fingerprint density at radius 2 is 1.82 bits per heavy atom. The van der Waals surface area contributed by atoms with Crippen molar-refractivity contribution >= 4 is 11.1 Å². The van der Waals surface area contributed by atoms with E-state index in [0.717, 1.165) is 41.8 Å². The molecule has 0 bridgehead atoms. The van der Waals surface area contributed by atoms with Gasteiger partial charge in [-0.15, -0.1) is 9.94 Å². The van der Waals surface area contributed by atoms with Crippen molar-refractivity contribution in [3.63, 3.8) is 0 Å². The third kappa shape index (κ3) is 5.08. The predicted molar refractivity (Wildman–Crippen MR) is 114 cm³/mol. The van der Waals surface area contributed by atoms with Crippen LogP contribution in [0.4, 0.5) is 0 Å². The average Bonchev–Trinajstić information content (AvgIpc) is 3.19. The maximum Gasteiger partial charge on any atom is 0.118 e. The van der Waals surface area contributed by atoms with Gasteiger partial charge in [0.25, 0.3) is 0 Å². The highest BCUT2D eigenvalue weighted by atomic mass is 16.7. The monoisotopic (exact) mass is 376 g/mol. The number of pyridine rings is 1. The molecule has 3 aromatic rings. The van der Waals surface area contributed by atoms with Crippen LogP contribution >= 0.6 is 0 Å². The zero-order valence-electron chi connectivity index (χ0n) is 16.9. The quantitative estimate of drug-likeness (QED) is 0.529. The minimum absolute atomic E-state index is 0.635. The molecule has 28 heavy (non-hydrogen) atoms. The van der Waals surface area contributed by atoms with Gasteiger partial charge in [0.05, 0.1) is 18.1 Å². The molecule has 2 aromatic heterocycles. The van der Waals surface area contributed by atoms with Gasteiger partial charge in [0, 0.05) is 23.9 Å². The van der Waals surface area contributed by atoms with Crippen molar-refractivity contribution < 1.29 is 4.84 Å². The Labute approximate surface area is 167 Å². The Hall–Kier alpha value is -2.92. The molecule has 0 atom stereocenters. The molecule has 0 saturated heterocycles. The SMILES string of the molecule is CC/C(=C(\c1ccccc1)c1ccccn1)c1cnn(OCCCN(C)C)c1. The molecule has 3 rings (SSSR count). The Morgan fingerprint density at radius 3 is 2.50 bits per heavy atom. The van der Waals surface area contributed by atoms with Gasteiger partial charge < -0.3 is 9.74 Å². The molecule has 2 heterocycles. The molecule has 0 aliphatic heterocycles. The summed E-state index contributed by atoms with van der Waals surface area (Å²) >= 11 is 0. The van der Waals surface area contributed by atoms with Crippen molar-refractivity contribution in [1.82, 2.24) is 19.8 Å². The van der Waals surface area contributed by atoms with E-state index in [1.54, 1.807) is 4.85 Å². The minimum Gasteiger partial charge on any atom is -0.397 e. The lowest BCUT2D eigenvalue weighted by Gasteiger charge is -2.14. The molecule has 0 aliphatic carbocycles. The lowest BCUT2D eigenvalue weighted by Crippen LogP contribution is -2.19. The smallest absolute Gasteiger partial charge is 0.118 e. The second-order valence-electron chi connectivity index (χ2n) is 6.91. The van der Waals surface area contributed by atoms with Gasteiger partial charge in [-0.2, -0.15) is 0 Å². The second-order valence-corrected chi connectivity index (χ2v) is 6.91. The van der Waals surface area contributed by atoms with Gasteiger partial charge in [-0.25, -0.2) is 0 Å². The first-order chi connectivity index (χ1) is 13.7. The fraction of sp³-hybridized carbons (Fsp3) is 0.304. The van der Waals surface area contributed by atoms with Crippen molar-refractivity contribution in [1.29, 1.82) is 0 Å². The van der Waals surface area contributed by atoms with Crippen molar-refractivity contribution in [2.45, 2.75) is 19.8 Å². The maximum atomic E-state index is 5.76. The first kappa shape index (κ1) is 19.8. The molecule has 0 aliphatic rings. The van der Waals surface area contributed by atoms with Crippen molar-refractivity contribution in [2.24, 2.45) is 0 Å². The van der Waals surface area contributed by atoms with Crippen molar-refractivity contribution in [3.8, 4) is 0 Å². The molecule has 5 nitrogen and oxygen atoms in total. The zero-order valence-corrected chi connectivity index (χ0v) is 16.9. The number of nitrogens with zero attached hydrogens (tertiary/aromatic N) is 4. The van der Waals surface area contributed by atoms with Gasteiger partial charge in [0.15, 0.2) is 0 Å². The average molecular weight is 377 g/mol. The Morgan fingerprint density at radius 1 is 1.04 bits per heavy atom. The fourth-order valence-electron chi connectivity index (χ4n) is 3.19. The molecular formula is C23H28N4O. The molecule has 146 valence electrons. The molecule has 0 fully saturated rings. The molecule has 0 amide bonds. The maximum absolute atomic E-state index is 5.76. The summed E-state index contributed by atoms with van der Waals surface area (Å²) in [5.74, 6) is 0. The predicted octanol–water partition coefficient (Wildman–Crippen LogP) is 4.03. The standard InChI is InChI=1S/C23H28N4O/c1-4-21(20-17-25-27(18-20)28-16-10-15-26(2)3)23(19-11-6-5-7-12-19)22-13-8-9-14-24-22/h5-9,11-14,17-18H,4,10,15-16H2,1-3H3/b23-21-. The van der Waals surface area contributed by atoms with Gasteiger partial charge in [-0.3, -0.25) is 4.98 Å². The number of aromatic nitrogens is 3. The lowest BCUT2D eigenvalue weighted by molar-refractivity contribution is 0.0770. The summed E-state index contributed by atoms with van der Waals surface area (Å²) in [5, 5.41) is 4.40. The molecule has 0 radical (unpaired) electrons. The van der Waals surface area contributed by atoms with E-state index in [9.17, 15) is 0 Å². The molecule has 0 N–H and O–H groups in total. The summed E-state index contributed by atoms with van der Waals surface area (Å²) in [5.41, 5.74) is 5.51. The first-order valence-electron chi connectivity index (χ1n) is 9.72. The number of hydrogen-bond acceptors (Lipinski definition) is 4. The van der Waals surface area contributed by atoms with Crippen LogP contribution < -0.4 is 4.84 Å². The van der Waals surface area contributed by atoms with E-state index < -0.39 is 0 Å². The van der Waals surface area contributed by atoms with Crippen LogP contribution in [0, 0.1) is 0 Å². The van der Waals surface area contributed by atoms with Crippen LogP contribution in [-0.2, 0) is 0 Å². The van der Waals surface area contributed by atoms with Crippen LogP contribution in [0.1, 0.15) is 36.6 Å². The fourth-order valence-corrected chi connectivity index (χ4v) is 3.19. The molecule has 0 saturated carbocycles. The summed E-state index contributed by atoms with van der Waals surface area (Å²) in [4.78, 5) is 14.1. The third-order valence-corrected chi connectivity index (χ3v) is 4.52. The van der Waals surface area contributed by atoms with Crippen LogP contribution in [0.2, 0.25) is 0 Å². The topological polar surface area (TPSA) is 43.2 Å². The molecule has 5 heteroatoms. The second kappa shape index (κ2) is 9.85. The highest BCUT2D eigenvalue weighted by Crippen LogP contribution is 2.32. The van der Waals surface area contributed by atoms with Crippen LogP contribution in [0.15, 0.2) is 67.1 Å². The number of hydrogen-bond donors (Lipinski definition) is 0. The molecular weight excluding hydrogens is 348 g/mol. The molecule has 0 spiro atoms. The number of benzene rings is 1. The lowest BCUT2D eigenvalue weighted by atomic mass is 9.92. The largest absolute Gasteiger partial charge is 0.397 e. The van der Waals surface area contributed by atoms with Crippen molar-refractivity contribution in [3.05, 3.63) is 83.9 Å². The highest BCUT2D eigenvalue weighted by molar-refractivity contribution is 5.97. The molecule has 0 unspecified atom stereocenters. The van der Waals surface area contributed by atoms with E-state index >= 15 is 0 Å². The summed E-state index contributed by atoms with van der Waals surface area (Å²) in [6, 6.07) is 16.4. The minimum atomic E-state index is 0.635. The molecule has 1 aromatic carbocycles. The van der Waals surface area contributed by atoms with Gasteiger partial charge in [-0.1, -0.05) is 43.3 Å².